The van der Waals surface area contributed by atoms with E-state index in [0.29, 0.717) is 11.6 Å². The van der Waals surface area contributed by atoms with Crippen molar-refractivity contribution in [1.29, 1.82) is 0 Å². The molecule has 0 unspecified atom stereocenters. The number of rotatable bonds is 1. The molecular formula is C7H6N2O. The van der Waals surface area contributed by atoms with E-state index in [4.69, 9.17) is 12.2 Å². The van der Waals surface area contributed by atoms with Crippen LogP contribution in [-0.2, 0) is 0 Å². The summed E-state index contributed by atoms with van der Waals surface area (Å²) >= 11 is 0. The average Bonchev–Trinajstić information content (AvgIpc) is 1.94. The van der Waals surface area contributed by atoms with E-state index in [2.05, 4.69) is 9.72 Å². The maximum atomic E-state index is 5.37. The van der Waals surface area contributed by atoms with Crippen molar-refractivity contribution < 1.29 is 4.74 Å². The second kappa shape index (κ2) is 2.74. The highest BCUT2D eigenvalue weighted by atomic mass is 16.5. The molecule has 0 saturated carbocycles. The SMILES string of the molecule is C#COc1cccnc1N. The number of nitrogens with two attached hydrogens (primary N) is 1. The molecule has 2 N–H and O–H groups in total. The standard InChI is InChI=1S/C7H6N2O/c1-2-10-6-4-3-5-9-7(6)8/h1,3-5H,(H2,8,9). The van der Waals surface area contributed by atoms with E-state index in [-0.39, 0.29) is 0 Å². The zero-order chi connectivity index (χ0) is 7.40. The van der Waals surface area contributed by atoms with Crippen LogP contribution in [0.15, 0.2) is 18.3 Å². The molecule has 0 amide bonds. The fourth-order valence-electron chi connectivity index (χ4n) is 0.553. The number of aromatic nitrogens is 1. The van der Waals surface area contributed by atoms with E-state index in [1.165, 1.54) is 0 Å². The van der Waals surface area contributed by atoms with Gasteiger partial charge in [0.15, 0.2) is 11.6 Å². The van der Waals surface area contributed by atoms with Gasteiger partial charge >= 0.3 is 0 Å². The minimum Gasteiger partial charge on any atom is -0.404 e. The predicted molar refractivity (Wildman–Crippen MR) is 38.1 cm³/mol. The molecule has 1 heterocycles. The third-order valence-electron chi connectivity index (χ3n) is 0.969. The van der Waals surface area contributed by atoms with Crippen molar-refractivity contribution >= 4 is 5.82 Å². The van der Waals surface area contributed by atoms with E-state index in [1.54, 1.807) is 18.3 Å². The smallest absolute Gasteiger partial charge is 0.182 e. The molecule has 0 atom stereocenters. The van der Waals surface area contributed by atoms with Gasteiger partial charge in [-0.05, 0) is 12.1 Å². The van der Waals surface area contributed by atoms with Crippen LogP contribution in [0, 0.1) is 12.5 Å². The predicted octanol–water partition coefficient (Wildman–Crippen LogP) is 0.633. The first-order valence-corrected chi connectivity index (χ1v) is 2.67. The summed E-state index contributed by atoms with van der Waals surface area (Å²) in [5, 5.41) is 0. The zero-order valence-electron chi connectivity index (χ0n) is 5.24. The normalized spacial score (nSPS) is 8.30. The van der Waals surface area contributed by atoms with Gasteiger partial charge in [0.2, 0.25) is 0 Å². The number of ether oxygens (including phenoxy) is 1. The molecule has 0 saturated heterocycles. The number of nitrogens with zero attached hydrogens (tertiary/aromatic N) is 1. The Balaban J connectivity index is 2.94. The zero-order valence-corrected chi connectivity index (χ0v) is 5.24. The van der Waals surface area contributed by atoms with Crippen LogP contribution in [-0.4, -0.2) is 4.98 Å². The summed E-state index contributed by atoms with van der Waals surface area (Å²) in [6, 6.07) is 3.35. The van der Waals surface area contributed by atoms with Crippen LogP contribution in [0.2, 0.25) is 0 Å². The quantitative estimate of drug-likeness (QED) is 0.573. The van der Waals surface area contributed by atoms with Gasteiger partial charge in [-0.15, -0.1) is 0 Å². The number of hydrogen-bond acceptors (Lipinski definition) is 3. The van der Waals surface area contributed by atoms with Gasteiger partial charge in [0.25, 0.3) is 0 Å². The van der Waals surface area contributed by atoms with Gasteiger partial charge in [0.1, 0.15) is 6.11 Å². The Morgan fingerprint density at radius 1 is 1.70 bits per heavy atom. The maximum absolute atomic E-state index is 5.37. The fourth-order valence-corrected chi connectivity index (χ4v) is 0.553. The molecule has 3 heteroatoms. The highest BCUT2D eigenvalue weighted by Crippen LogP contribution is 2.15. The first-order chi connectivity index (χ1) is 4.84. The Morgan fingerprint density at radius 3 is 3.10 bits per heavy atom. The van der Waals surface area contributed by atoms with E-state index < -0.39 is 0 Å². The van der Waals surface area contributed by atoms with E-state index in [9.17, 15) is 0 Å². The minimum atomic E-state index is 0.306. The molecule has 3 nitrogen and oxygen atoms in total. The van der Waals surface area contributed by atoms with Crippen molar-refractivity contribution in [3.63, 3.8) is 0 Å². The molecule has 0 bridgehead atoms. The van der Waals surface area contributed by atoms with Gasteiger partial charge in [-0.3, -0.25) is 0 Å². The molecule has 0 aliphatic carbocycles. The summed E-state index contributed by atoms with van der Waals surface area (Å²) in [6.45, 7) is 0. The van der Waals surface area contributed by atoms with Gasteiger partial charge in [-0.1, -0.05) is 6.42 Å². The van der Waals surface area contributed by atoms with Crippen molar-refractivity contribution in [3.8, 4) is 18.3 Å². The lowest BCUT2D eigenvalue weighted by molar-refractivity contribution is 0.521. The van der Waals surface area contributed by atoms with Gasteiger partial charge in [0, 0.05) is 6.20 Å². The molecule has 1 aromatic rings. The molecule has 50 valence electrons. The van der Waals surface area contributed by atoms with Crippen LogP contribution in [0.25, 0.3) is 0 Å². The Kier molecular flexibility index (Phi) is 1.76. The Bertz CT molecular complexity index is 265. The number of hydrogen-bond donors (Lipinski definition) is 1. The summed E-state index contributed by atoms with van der Waals surface area (Å²) in [4.78, 5) is 3.75. The molecule has 0 aliphatic heterocycles. The van der Waals surface area contributed by atoms with Crippen molar-refractivity contribution in [1.82, 2.24) is 4.98 Å². The molecule has 0 aliphatic rings. The van der Waals surface area contributed by atoms with Gasteiger partial charge < -0.3 is 10.5 Å². The molecular weight excluding hydrogens is 128 g/mol. The van der Waals surface area contributed by atoms with Crippen LogP contribution in [0.4, 0.5) is 5.82 Å². The average molecular weight is 134 g/mol. The fraction of sp³-hybridized carbons (Fsp3) is 0. The van der Waals surface area contributed by atoms with E-state index in [1.807, 2.05) is 6.11 Å². The van der Waals surface area contributed by atoms with Crippen molar-refractivity contribution in [2.24, 2.45) is 0 Å². The summed E-state index contributed by atoms with van der Waals surface area (Å²) in [5.41, 5.74) is 5.37. The molecule has 0 fully saturated rings. The Morgan fingerprint density at radius 2 is 2.50 bits per heavy atom. The second-order valence-corrected chi connectivity index (χ2v) is 1.61. The van der Waals surface area contributed by atoms with Crippen LogP contribution in [0.1, 0.15) is 0 Å². The van der Waals surface area contributed by atoms with Crippen LogP contribution in [0.3, 0.4) is 0 Å². The lowest BCUT2D eigenvalue weighted by atomic mass is 10.4. The first-order valence-electron chi connectivity index (χ1n) is 2.67. The van der Waals surface area contributed by atoms with Crippen LogP contribution >= 0.6 is 0 Å². The molecule has 10 heavy (non-hydrogen) atoms. The first kappa shape index (κ1) is 6.43. The summed E-state index contributed by atoms with van der Waals surface area (Å²) < 4.78 is 4.68. The number of terminal acetylenes is 1. The van der Waals surface area contributed by atoms with Crippen LogP contribution in [0.5, 0.6) is 5.75 Å². The van der Waals surface area contributed by atoms with Crippen LogP contribution < -0.4 is 10.5 Å². The number of nitrogen functional groups attached to an aromatic ring is 1. The Hall–Kier alpha value is -1.69. The lowest BCUT2D eigenvalue weighted by Crippen LogP contribution is -1.93. The largest absolute Gasteiger partial charge is 0.404 e. The maximum Gasteiger partial charge on any atom is 0.182 e. The van der Waals surface area contributed by atoms with Crippen molar-refractivity contribution in [2.45, 2.75) is 0 Å². The Labute approximate surface area is 58.8 Å². The molecule has 0 radical (unpaired) electrons. The topological polar surface area (TPSA) is 48.1 Å². The third-order valence-corrected chi connectivity index (χ3v) is 0.969. The summed E-state index contributed by atoms with van der Waals surface area (Å²) in [7, 11) is 0. The molecule has 1 aromatic heterocycles. The minimum absolute atomic E-state index is 0.306. The lowest BCUT2D eigenvalue weighted by Gasteiger charge is -1.97. The summed E-state index contributed by atoms with van der Waals surface area (Å²) in [5.74, 6) is 0.727. The molecule has 1 rings (SSSR count). The number of pyridine rings is 1. The van der Waals surface area contributed by atoms with Crippen molar-refractivity contribution in [3.05, 3.63) is 18.3 Å². The van der Waals surface area contributed by atoms with Gasteiger partial charge in [0.05, 0.1) is 0 Å². The number of anilines is 1. The van der Waals surface area contributed by atoms with Gasteiger partial charge in [-0.2, -0.15) is 0 Å². The van der Waals surface area contributed by atoms with E-state index >= 15 is 0 Å². The van der Waals surface area contributed by atoms with Gasteiger partial charge in [-0.25, -0.2) is 4.98 Å². The molecule has 0 spiro atoms. The van der Waals surface area contributed by atoms with E-state index in [0.717, 1.165) is 0 Å². The highest BCUT2D eigenvalue weighted by Gasteiger charge is 1.95. The van der Waals surface area contributed by atoms with Crippen molar-refractivity contribution in [2.75, 3.05) is 5.73 Å². The summed E-state index contributed by atoms with van der Waals surface area (Å²) in [6.07, 6.45) is 8.45. The molecule has 0 aromatic carbocycles. The monoisotopic (exact) mass is 134 g/mol. The third kappa shape index (κ3) is 1.17. The second-order valence-electron chi connectivity index (χ2n) is 1.61. The highest BCUT2D eigenvalue weighted by molar-refractivity contribution is 5.45.